The van der Waals surface area contributed by atoms with Gasteiger partial charge in [-0.05, 0) is 97.2 Å². The van der Waals surface area contributed by atoms with Crippen molar-refractivity contribution in [2.75, 3.05) is 0 Å². The number of allylic oxidation sites excluding steroid dienone is 4. The van der Waals surface area contributed by atoms with Gasteiger partial charge in [-0.1, -0.05) is 78.2 Å². The van der Waals surface area contributed by atoms with Gasteiger partial charge >= 0.3 is 0 Å². The minimum absolute atomic E-state index is 0.482. The highest BCUT2D eigenvalue weighted by Crippen LogP contribution is 2.67. The van der Waals surface area contributed by atoms with Crippen LogP contribution in [-0.2, 0) is 0 Å². The molecule has 158 valence electrons. The second kappa shape index (κ2) is 7.63. The summed E-state index contributed by atoms with van der Waals surface area (Å²) in [4.78, 5) is 0. The van der Waals surface area contributed by atoms with Crippen LogP contribution < -0.4 is 0 Å². The van der Waals surface area contributed by atoms with E-state index in [9.17, 15) is 0 Å². The van der Waals surface area contributed by atoms with Crippen LogP contribution in [0, 0.1) is 52.3 Å². The summed E-state index contributed by atoms with van der Waals surface area (Å²) in [6, 6.07) is 0. The lowest BCUT2D eigenvalue weighted by Crippen LogP contribution is -2.49. The van der Waals surface area contributed by atoms with E-state index in [4.69, 9.17) is 0 Å². The number of rotatable bonds is 5. The maximum Gasteiger partial charge on any atom is -0.00478 e. The SMILES string of the molecule is CC(C)[C@H](C)CC[C@@H](C)[C@H]1CC[C@H]2[C@@H]3CC=C4CC=CC[C@]4(C)[C@H]3CC[C@]12C. The van der Waals surface area contributed by atoms with Crippen LogP contribution in [-0.4, -0.2) is 0 Å². The van der Waals surface area contributed by atoms with Gasteiger partial charge in [-0.2, -0.15) is 0 Å². The maximum absolute atomic E-state index is 2.72. The van der Waals surface area contributed by atoms with E-state index < -0.39 is 0 Å². The van der Waals surface area contributed by atoms with E-state index in [1.165, 1.54) is 57.8 Å². The summed E-state index contributed by atoms with van der Waals surface area (Å²) in [6.45, 7) is 15.2. The van der Waals surface area contributed by atoms with Gasteiger partial charge in [0.25, 0.3) is 0 Å². The summed E-state index contributed by atoms with van der Waals surface area (Å²) in [6.07, 6.45) is 20.4. The molecule has 0 spiro atoms. The summed E-state index contributed by atoms with van der Waals surface area (Å²) >= 11 is 0. The summed E-state index contributed by atoms with van der Waals surface area (Å²) in [5.41, 5.74) is 2.88. The third-order valence-electron chi connectivity index (χ3n) is 10.6. The lowest BCUT2D eigenvalue weighted by Gasteiger charge is -2.57. The van der Waals surface area contributed by atoms with Gasteiger partial charge in [0.15, 0.2) is 0 Å². The molecule has 0 aromatic heterocycles. The molecule has 0 nitrogen and oxygen atoms in total. The molecule has 0 bridgehead atoms. The van der Waals surface area contributed by atoms with Crippen molar-refractivity contribution in [1.29, 1.82) is 0 Å². The molecule has 8 atom stereocenters. The molecule has 2 saturated carbocycles. The zero-order valence-corrected chi connectivity index (χ0v) is 19.6. The topological polar surface area (TPSA) is 0 Å². The average Bonchev–Trinajstić information content (AvgIpc) is 3.02. The van der Waals surface area contributed by atoms with Crippen LogP contribution in [0.25, 0.3) is 0 Å². The Balaban J connectivity index is 1.49. The molecule has 0 N–H and O–H groups in total. The fourth-order valence-corrected chi connectivity index (χ4v) is 8.33. The smallest absolute Gasteiger partial charge is 0.00478 e. The van der Waals surface area contributed by atoms with Gasteiger partial charge in [-0.3, -0.25) is 0 Å². The van der Waals surface area contributed by atoms with Crippen molar-refractivity contribution in [1.82, 2.24) is 0 Å². The Labute approximate surface area is 175 Å². The Morgan fingerprint density at radius 2 is 1.75 bits per heavy atom. The third-order valence-corrected chi connectivity index (χ3v) is 10.6. The van der Waals surface area contributed by atoms with Crippen LogP contribution in [0.2, 0.25) is 0 Å². The zero-order valence-electron chi connectivity index (χ0n) is 19.6. The first kappa shape index (κ1) is 20.7. The van der Waals surface area contributed by atoms with Crippen molar-refractivity contribution in [3.8, 4) is 0 Å². The largest absolute Gasteiger partial charge is 0.0873 e. The van der Waals surface area contributed by atoms with Crippen molar-refractivity contribution in [3.63, 3.8) is 0 Å². The molecular weight excluding hydrogens is 336 g/mol. The molecular formula is C28H46. The molecule has 0 aliphatic heterocycles. The van der Waals surface area contributed by atoms with Crippen molar-refractivity contribution >= 4 is 0 Å². The molecule has 28 heavy (non-hydrogen) atoms. The van der Waals surface area contributed by atoms with E-state index in [0.29, 0.717) is 10.8 Å². The van der Waals surface area contributed by atoms with Gasteiger partial charge in [0.2, 0.25) is 0 Å². The van der Waals surface area contributed by atoms with Crippen molar-refractivity contribution in [2.24, 2.45) is 52.3 Å². The molecule has 0 radical (unpaired) electrons. The maximum atomic E-state index is 2.72. The molecule has 2 fully saturated rings. The van der Waals surface area contributed by atoms with Crippen LogP contribution in [0.4, 0.5) is 0 Å². The van der Waals surface area contributed by atoms with E-state index in [2.05, 4.69) is 59.8 Å². The molecule has 0 aromatic rings. The normalized spacial score (nSPS) is 44.5. The number of fused-ring (bicyclic) bond motifs is 5. The zero-order chi connectivity index (χ0) is 20.1. The van der Waals surface area contributed by atoms with Crippen LogP contribution >= 0.6 is 0 Å². The molecule has 4 rings (SSSR count). The summed E-state index contributed by atoms with van der Waals surface area (Å²) in [5, 5.41) is 0. The van der Waals surface area contributed by atoms with Crippen LogP contribution in [0.1, 0.15) is 99.3 Å². The Hall–Kier alpha value is -0.520. The first-order valence-corrected chi connectivity index (χ1v) is 12.6. The molecule has 0 unspecified atom stereocenters. The van der Waals surface area contributed by atoms with Crippen LogP contribution in [0.5, 0.6) is 0 Å². The van der Waals surface area contributed by atoms with E-state index in [1.54, 1.807) is 5.57 Å². The monoisotopic (exact) mass is 382 g/mol. The number of hydrogen-bond donors (Lipinski definition) is 0. The van der Waals surface area contributed by atoms with Gasteiger partial charge < -0.3 is 0 Å². The van der Waals surface area contributed by atoms with Gasteiger partial charge in [0, 0.05) is 0 Å². The van der Waals surface area contributed by atoms with E-state index in [-0.39, 0.29) is 0 Å². The number of hydrogen-bond acceptors (Lipinski definition) is 0. The van der Waals surface area contributed by atoms with Crippen molar-refractivity contribution in [3.05, 3.63) is 23.8 Å². The van der Waals surface area contributed by atoms with Crippen molar-refractivity contribution < 1.29 is 0 Å². The average molecular weight is 383 g/mol. The fraction of sp³-hybridized carbons (Fsp3) is 0.857. The van der Waals surface area contributed by atoms with E-state index >= 15 is 0 Å². The first-order chi connectivity index (χ1) is 13.3. The standard InChI is InChI=1S/C28H46/c1-19(2)20(3)10-11-21(4)24-14-15-25-23-13-12-22-9-7-8-17-27(22,5)26(23)16-18-28(24,25)6/h7-8,12,19-21,23-26H,9-11,13-18H2,1-6H3/t20-,21-,23+,24-,25+,26+,27+,28-/m1/s1. The van der Waals surface area contributed by atoms with Crippen molar-refractivity contribution in [2.45, 2.75) is 99.3 Å². The molecule has 4 aliphatic carbocycles. The van der Waals surface area contributed by atoms with Gasteiger partial charge in [-0.25, -0.2) is 0 Å². The van der Waals surface area contributed by atoms with Crippen LogP contribution in [0.3, 0.4) is 0 Å². The Kier molecular flexibility index (Phi) is 5.65. The lowest BCUT2D eigenvalue weighted by molar-refractivity contribution is -0.0444. The molecule has 0 saturated heterocycles. The first-order valence-electron chi connectivity index (χ1n) is 12.6. The molecule has 0 heterocycles. The second-order valence-electron chi connectivity index (χ2n) is 12.1. The van der Waals surface area contributed by atoms with E-state index in [1.807, 2.05) is 0 Å². The predicted octanol–water partition coefficient (Wildman–Crippen LogP) is 8.44. The molecule has 4 aliphatic rings. The summed E-state index contributed by atoms with van der Waals surface area (Å²) < 4.78 is 0. The summed E-state index contributed by atoms with van der Waals surface area (Å²) in [5.74, 6) is 6.50. The van der Waals surface area contributed by atoms with E-state index in [0.717, 1.165) is 41.4 Å². The Morgan fingerprint density at radius 1 is 0.964 bits per heavy atom. The minimum Gasteiger partial charge on any atom is -0.0873 e. The third kappa shape index (κ3) is 3.26. The predicted molar refractivity (Wildman–Crippen MR) is 122 cm³/mol. The molecule has 0 amide bonds. The highest BCUT2D eigenvalue weighted by Gasteiger charge is 2.58. The van der Waals surface area contributed by atoms with Gasteiger partial charge in [-0.15, -0.1) is 0 Å². The van der Waals surface area contributed by atoms with Gasteiger partial charge in [0.05, 0.1) is 0 Å². The Morgan fingerprint density at radius 3 is 2.50 bits per heavy atom. The minimum atomic E-state index is 0.482. The molecule has 0 heteroatoms. The fourth-order valence-electron chi connectivity index (χ4n) is 8.33. The second-order valence-corrected chi connectivity index (χ2v) is 12.1. The lowest BCUT2D eigenvalue weighted by atomic mass is 9.47. The van der Waals surface area contributed by atoms with Crippen LogP contribution in [0.15, 0.2) is 23.8 Å². The summed E-state index contributed by atoms with van der Waals surface area (Å²) in [7, 11) is 0. The molecule has 0 aromatic carbocycles. The highest BCUT2D eigenvalue weighted by molar-refractivity contribution is 5.28. The highest BCUT2D eigenvalue weighted by atomic mass is 14.6. The quantitative estimate of drug-likeness (QED) is 0.418. The Bertz CT molecular complexity index is 624. The van der Waals surface area contributed by atoms with Gasteiger partial charge in [0.1, 0.15) is 0 Å².